The van der Waals surface area contributed by atoms with E-state index in [9.17, 15) is 9.18 Å². The monoisotopic (exact) mass is 461 g/mol. The lowest BCUT2D eigenvalue weighted by molar-refractivity contribution is 0.0950. The van der Waals surface area contributed by atoms with Crippen molar-refractivity contribution in [2.75, 3.05) is 0 Å². The van der Waals surface area contributed by atoms with Crippen LogP contribution in [-0.2, 0) is 13.2 Å². The first-order valence-corrected chi connectivity index (χ1v) is 9.18. The standard InChI is InChI=1S/C21H17FINO2/c22-17-9-5-16(6-10-17)14-26-18-11-7-15(8-12-18)13-24-21(25)19-3-1-2-4-20(19)23/h1-12H,13-14H2,(H,24,25). The summed E-state index contributed by atoms with van der Waals surface area (Å²) in [5.41, 5.74) is 2.56. The van der Waals surface area contributed by atoms with E-state index in [0.29, 0.717) is 18.7 Å². The van der Waals surface area contributed by atoms with Gasteiger partial charge in [-0.25, -0.2) is 4.39 Å². The average molecular weight is 461 g/mol. The number of amides is 1. The summed E-state index contributed by atoms with van der Waals surface area (Å²) in [5.74, 6) is 0.374. The van der Waals surface area contributed by atoms with Crippen molar-refractivity contribution in [3.63, 3.8) is 0 Å². The first-order chi connectivity index (χ1) is 12.6. The molecule has 0 unspecified atom stereocenters. The Morgan fingerprint density at radius 3 is 2.27 bits per heavy atom. The summed E-state index contributed by atoms with van der Waals surface area (Å²) in [6.45, 7) is 0.824. The highest BCUT2D eigenvalue weighted by Gasteiger charge is 2.08. The van der Waals surface area contributed by atoms with E-state index in [-0.39, 0.29) is 11.7 Å². The number of carbonyl (C=O) groups excluding carboxylic acids is 1. The molecule has 0 aliphatic rings. The third-order valence-electron chi connectivity index (χ3n) is 3.81. The highest BCUT2D eigenvalue weighted by molar-refractivity contribution is 14.1. The van der Waals surface area contributed by atoms with E-state index in [4.69, 9.17) is 4.74 Å². The van der Waals surface area contributed by atoms with Crippen LogP contribution in [0.15, 0.2) is 72.8 Å². The third-order valence-corrected chi connectivity index (χ3v) is 4.75. The van der Waals surface area contributed by atoms with E-state index >= 15 is 0 Å². The van der Waals surface area contributed by atoms with Gasteiger partial charge in [0.15, 0.2) is 0 Å². The molecular weight excluding hydrogens is 444 g/mol. The summed E-state index contributed by atoms with van der Waals surface area (Å²) in [7, 11) is 0. The van der Waals surface area contributed by atoms with Gasteiger partial charge in [-0.15, -0.1) is 0 Å². The predicted octanol–water partition coefficient (Wildman–Crippen LogP) is 4.94. The van der Waals surface area contributed by atoms with E-state index in [1.54, 1.807) is 12.1 Å². The first-order valence-electron chi connectivity index (χ1n) is 8.11. The average Bonchev–Trinajstić information content (AvgIpc) is 2.67. The van der Waals surface area contributed by atoms with Crippen molar-refractivity contribution >= 4 is 28.5 Å². The Balaban J connectivity index is 1.52. The largest absolute Gasteiger partial charge is 0.489 e. The molecule has 5 heteroatoms. The van der Waals surface area contributed by atoms with E-state index in [2.05, 4.69) is 27.9 Å². The molecule has 3 rings (SSSR count). The lowest BCUT2D eigenvalue weighted by Gasteiger charge is -2.09. The molecule has 26 heavy (non-hydrogen) atoms. The Kier molecular flexibility index (Phi) is 6.22. The topological polar surface area (TPSA) is 38.3 Å². The zero-order valence-corrected chi connectivity index (χ0v) is 16.1. The van der Waals surface area contributed by atoms with Crippen molar-refractivity contribution in [3.05, 3.63) is 98.9 Å². The van der Waals surface area contributed by atoms with Crippen LogP contribution in [0.3, 0.4) is 0 Å². The first kappa shape index (κ1) is 18.4. The van der Waals surface area contributed by atoms with Crippen molar-refractivity contribution in [1.82, 2.24) is 5.32 Å². The molecule has 0 heterocycles. The van der Waals surface area contributed by atoms with Crippen LogP contribution < -0.4 is 10.1 Å². The van der Waals surface area contributed by atoms with Crippen LogP contribution in [0.1, 0.15) is 21.5 Å². The predicted molar refractivity (Wildman–Crippen MR) is 108 cm³/mol. The Hall–Kier alpha value is -2.41. The zero-order chi connectivity index (χ0) is 18.4. The second-order valence-electron chi connectivity index (χ2n) is 5.72. The van der Waals surface area contributed by atoms with Gasteiger partial charge in [-0.1, -0.05) is 36.4 Å². The molecule has 0 aliphatic heterocycles. The van der Waals surface area contributed by atoms with E-state index in [0.717, 1.165) is 20.4 Å². The fourth-order valence-corrected chi connectivity index (χ4v) is 3.01. The summed E-state index contributed by atoms with van der Waals surface area (Å²) in [4.78, 5) is 12.2. The summed E-state index contributed by atoms with van der Waals surface area (Å²) in [6.07, 6.45) is 0. The van der Waals surface area contributed by atoms with Gasteiger partial charge in [-0.05, 0) is 70.1 Å². The second kappa shape index (κ2) is 8.80. The van der Waals surface area contributed by atoms with E-state index in [1.807, 2.05) is 48.5 Å². The van der Waals surface area contributed by atoms with Gasteiger partial charge in [0.2, 0.25) is 0 Å². The normalized spacial score (nSPS) is 10.4. The van der Waals surface area contributed by atoms with Gasteiger partial charge in [0.1, 0.15) is 18.2 Å². The molecule has 3 aromatic rings. The Labute approximate surface area is 165 Å². The molecule has 0 bridgehead atoms. The lowest BCUT2D eigenvalue weighted by Crippen LogP contribution is -2.23. The number of halogens is 2. The number of rotatable bonds is 6. The van der Waals surface area contributed by atoms with Crippen LogP contribution in [-0.4, -0.2) is 5.91 Å². The van der Waals surface area contributed by atoms with Gasteiger partial charge in [0, 0.05) is 10.1 Å². The van der Waals surface area contributed by atoms with Crippen LogP contribution >= 0.6 is 22.6 Å². The molecule has 0 saturated carbocycles. The molecule has 1 amide bonds. The lowest BCUT2D eigenvalue weighted by atomic mass is 10.2. The number of hydrogen-bond donors (Lipinski definition) is 1. The molecule has 0 atom stereocenters. The molecule has 3 aromatic carbocycles. The second-order valence-corrected chi connectivity index (χ2v) is 6.88. The van der Waals surface area contributed by atoms with Gasteiger partial charge >= 0.3 is 0 Å². The molecule has 3 nitrogen and oxygen atoms in total. The number of hydrogen-bond acceptors (Lipinski definition) is 2. The van der Waals surface area contributed by atoms with E-state index < -0.39 is 0 Å². The molecule has 0 spiro atoms. The quantitative estimate of drug-likeness (QED) is 0.529. The van der Waals surface area contributed by atoms with Crippen LogP contribution in [0, 0.1) is 9.39 Å². The van der Waals surface area contributed by atoms with Crippen molar-refractivity contribution < 1.29 is 13.9 Å². The molecular formula is C21H17FINO2. The summed E-state index contributed by atoms with van der Waals surface area (Å²) >= 11 is 2.15. The smallest absolute Gasteiger partial charge is 0.252 e. The fraction of sp³-hybridized carbons (Fsp3) is 0.0952. The van der Waals surface area contributed by atoms with Crippen LogP contribution in [0.2, 0.25) is 0 Å². The molecule has 0 radical (unpaired) electrons. The maximum absolute atomic E-state index is 12.9. The minimum absolute atomic E-state index is 0.0911. The minimum atomic E-state index is -0.259. The molecule has 132 valence electrons. The zero-order valence-electron chi connectivity index (χ0n) is 13.9. The Morgan fingerprint density at radius 2 is 1.58 bits per heavy atom. The summed E-state index contributed by atoms with van der Waals surface area (Å²) in [6, 6.07) is 21.2. The number of benzene rings is 3. The van der Waals surface area contributed by atoms with Crippen LogP contribution in [0.4, 0.5) is 4.39 Å². The molecule has 0 fully saturated rings. The van der Waals surface area contributed by atoms with Crippen LogP contribution in [0.25, 0.3) is 0 Å². The molecule has 0 aromatic heterocycles. The van der Waals surface area contributed by atoms with Crippen molar-refractivity contribution in [2.24, 2.45) is 0 Å². The summed E-state index contributed by atoms with van der Waals surface area (Å²) in [5, 5.41) is 2.92. The maximum Gasteiger partial charge on any atom is 0.252 e. The number of ether oxygens (including phenoxy) is 1. The van der Waals surface area contributed by atoms with E-state index in [1.165, 1.54) is 12.1 Å². The molecule has 0 aliphatic carbocycles. The van der Waals surface area contributed by atoms with Gasteiger partial charge < -0.3 is 10.1 Å². The summed E-state index contributed by atoms with van der Waals surface area (Å²) < 4.78 is 19.5. The Bertz CT molecular complexity index is 879. The maximum atomic E-state index is 12.9. The van der Waals surface area contributed by atoms with Gasteiger partial charge in [0.25, 0.3) is 5.91 Å². The van der Waals surface area contributed by atoms with Gasteiger partial charge in [-0.2, -0.15) is 0 Å². The highest BCUT2D eigenvalue weighted by atomic mass is 127. The fourth-order valence-electron chi connectivity index (χ4n) is 2.37. The number of nitrogens with one attached hydrogen (secondary N) is 1. The number of carbonyl (C=O) groups is 1. The van der Waals surface area contributed by atoms with Crippen molar-refractivity contribution in [3.8, 4) is 5.75 Å². The third kappa shape index (κ3) is 5.05. The molecule has 1 N–H and O–H groups in total. The highest BCUT2D eigenvalue weighted by Crippen LogP contribution is 2.15. The van der Waals surface area contributed by atoms with Crippen molar-refractivity contribution in [1.29, 1.82) is 0 Å². The SMILES string of the molecule is O=C(NCc1ccc(OCc2ccc(F)cc2)cc1)c1ccccc1I. The minimum Gasteiger partial charge on any atom is -0.489 e. The van der Waals surface area contributed by atoms with Gasteiger partial charge in [0.05, 0.1) is 5.56 Å². The van der Waals surface area contributed by atoms with Crippen LogP contribution in [0.5, 0.6) is 5.75 Å². The molecule has 0 saturated heterocycles. The Morgan fingerprint density at radius 1 is 0.923 bits per heavy atom. The van der Waals surface area contributed by atoms with Crippen molar-refractivity contribution in [2.45, 2.75) is 13.2 Å². The van der Waals surface area contributed by atoms with Gasteiger partial charge in [-0.3, -0.25) is 4.79 Å².